The predicted molar refractivity (Wildman–Crippen MR) is 97.2 cm³/mol. The average Bonchev–Trinajstić information content (AvgIpc) is 2.92. The van der Waals surface area contributed by atoms with Crippen molar-refractivity contribution in [3.05, 3.63) is 49.8 Å². The molecule has 0 aliphatic heterocycles. The summed E-state index contributed by atoms with van der Waals surface area (Å²) in [6.07, 6.45) is 0. The van der Waals surface area contributed by atoms with Crippen molar-refractivity contribution in [3.8, 4) is 17.5 Å². The summed E-state index contributed by atoms with van der Waals surface area (Å²) >= 11 is 12.2. The molecule has 0 saturated heterocycles. The second-order valence-corrected chi connectivity index (χ2v) is 6.37. The summed E-state index contributed by atoms with van der Waals surface area (Å²) in [4.78, 5) is 40.8. The number of ether oxygens (including phenoxy) is 1. The molecule has 0 aliphatic rings. The van der Waals surface area contributed by atoms with Gasteiger partial charge in [-0.05, 0) is 18.6 Å². The fourth-order valence-electron chi connectivity index (χ4n) is 2.49. The van der Waals surface area contributed by atoms with Crippen LogP contribution in [0.1, 0.15) is 22.8 Å². The number of rotatable bonds is 3. The van der Waals surface area contributed by atoms with Gasteiger partial charge in [0.25, 0.3) is 0 Å². The monoisotopic (exact) mass is 427 g/mol. The zero-order valence-corrected chi connectivity index (χ0v) is 15.8. The molecule has 0 amide bonds. The van der Waals surface area contributed by atoms with Crippen molar-refractivity contribution in [2.45, 2.75) is 13.8 Å². The zero-order chi connectivity index (χ0) is 20.7. The van der Waals surface area contributed by atoms with Crippen LogP contribution in [0.4, 0.5) is 0 Å². The number of aromatic nitrogens is 1. The van der Waals surface area contributed by atoms with Gasteiger partial charge in [-0.15, -0.1) is 4.73 Å². The topological polar surface area (TPSA) is 128 Å². The number of carbonyl (C=O) groups excluding carboxylic acids is 2. The van der Waals surface area contributed by atoms with Gasteiger partial charge in [0.15, 0.2) is 16.9 Å². The van der Waals surface area contributed by atoms with E-state index >= 15 is 0 Å². The number of fused-ring (bicyclic) bond motifs is 1. The van der Waals surface area contributed by atoms with Crippen LogP contribution in [0.2, 0.25) is 10.0 Å². The molecular weight excluding hydrogens is 417 g/mol. The Bertz CT molecular complexity index is 1170. The standard InChI is InChI=1S/C17H11Cl2NO8/c1-6-8-5-9(18)15(26-7(2)21)13(19)14(8)27-16(24)12(6)17(25)28-20-10(22)3-4-11(20)23/h3-5,22-23H,1-2H3. The lowest BCUT2D eigenvalue weighted by molar-refractivity contribution is -0.131. The molecular formula is C17H11Cl2NO8. The molecule has 0 atom stereocenters. The number of esters is 1. The maximum Gasteiger partial charge on any atom is 0.371 e. The van der Waals surface area contributed by atoms with Gasteiger partial charge >= 0.3 is 17.6 Å². The fourth-order valence-corrected chi connectivity index (χ4v) is 3.06. The highest BCUT2D eigenvalue weighted by Gasteiger charge is 2.26. The number of aryl methyl sites for hydroxylation is 1. The fraction of sp³-hybridized carbons (Fsp3) is 0.118. The summed E-state index contributed by atoms with van der Waals surface area (Å²) in [5, 5.41) is 19.0. The van der Waals surface area contributed by atoms with E-state index in [1.807, 2.05) is 0 Å². The van der Waals surface area contributed by atoms with Crippen LogP contribution in [0.3, 0.4) is 0 Å². The number of benzene rings is 1. The van der Waals surface area contributed by atoms with Gasteiger partial charge in [-0.2, -0.15) is 0 Å². The average molecular weight is 428 g/mol. The van der Waals surface area contributed by atoms with Crippen LogP contribution in [0.25, 0.3) is 11.0 Å². The minimum atomic E-state index is -1.20. The van der Waals surface area contributed by atoms with Crippen LogP contribution in [0.15, 0.2) is 27.4 Å². The Morgan fingerprint density at radius 2 is 1.79 bits per heavy atom. The molecule has 0 radical (unpaired) electrons. The summed E-state index contributed by atoms with van der Waals surface area (Å²) in [6.45, 7) is 2.56. The third-order valence-corrected chi connectivity index (χ3v) is 4.35. The van der Waals surface area contributed by atoms with Gasteiger partial charge in [0.2, 0.25) is 11.8 Å². The van der Waals surface area contributed by atoms with Crippen LogP contribution in [-0.4, -0.2) is 26.9 Å². The molecule has 0 unspecified atom stereocenters. The van der Waals surface area contributed by atoms with E-state index in [2.05, 4.69) is 0 Å². The molecule has 9 nitrogen and oxygen atoms in total. The first kappa shape index (κ1) is 19.6. The molecule has 2 heterocycles. The van der Waals surface area contributed by atoms with Crippen LogP contribution in [0.5, 0.6) is 17.5 Å². The summed E-state index contributed by atoms with van der Waals surface area (Å²) < 4.78 is 10.5. The lowest BCUT2D eigenvalue weighted by Crippen LogP contribution is -2.26. The van der Waals surface area contributed by atoms with E-state index in [0.717, 1.165) is 19.1 Å². The maximum absolute atomic E-state index is 12.4. The third-order valence-electron chi connectivity index (χ3n) is 3.73. The van der Waals surface area contributed by atoms with Crippen LogP contribution >= 0.6 is 23.2 Å². The third kappa shape index (κ3) is 3.25. The first-order valence-corrected chi connectivity index (χ1v) is 8.33. The van der Waals surface area contributed by atoms with Crippen molar-refractivity contribution in [2.75, 3.05) is 0 Å². The SMILES string of the molecule is CC(=O)Oc1c(Cl)cc2c(C)c(C(=O)On3c(O)ccc3O)c(=O)oc2c1Cl. The van der Waals surface area contributed by atoms with Crippen molar-refractivity contribution in [1.82, 2.24) is 4.73 Å². The first-order valence-electron chi connectivity index (χ1n) is 7.58. The minimum Gasteiger partial charge on any atom is -0.492 e. The van der Waals surface area contributed by atoms with Gasteiger partial charge < -0.3 is 24.2 Å². The molecule has 2 aromatic heterocycles. The second kappa shape index (κ2) is 7.10. The van der Waals surface area contributed by atoms with Gasteiger partial charge in [-0.3, -0.25) is 4.79 Å². The maximum atomic E-state index is 12.4. The molecule has 0 spiro atoms. The van der Waals surface area contributed by atoms with E-state index in [9.17, 15) is 24.6 Å². The van der Waals surface area contributed by atoms with Crippen molar-refractivity contribution in [2.24, 2.45) is 0 Å². The summed E-state index contributed by atoms with van der Waals surface area (Å²) in [6, 6.07) is 3.46. The highest BCUT2D eigenvalue weighted by molar-refractivity contribution is 6.41. The van der Waals surface area contributed by atoms with E-state index in [4.69, 9.17) is 37.2 Å². The molecule has 3 aromatic rings. The first-order chi connectivity index (χ1) is 13.1. The van der Waals surface area contributed by atoms with Crippen molar-refractivity contribution < 1.29 is 33.8 Å². The minimum absolute atomic E-state index is 0.0512. The summed E-state index contributed by atoms with van der Waals surface area (Å²) in [5.74, 6) is -3.21. The smallest absolute Gasteiger partial charge is 0.371 e. The second-order valence-electron chi connectivity index (χ2n) is 5.58. The van der Waals surface area contributed by atoms with Crippen molar-refractivity contribution in [3.63, 3.8) is 0 Å². The van der Waals surface area contributed by atoms with Gasteiger partial charge in [0.05, 0.1) is 5.02 Å². The molecule has 0 fully saturated rings. The number of hydrogen-bond donors (Lipinski definition) is 2. The van der Waals surface area contributed by atoms with Crippen LogP contribution in [0, 0.1) is 6.92 Å². The zero-order valence-electron chi connectivity index (χ0n) is 14.3. The highest BCUT2D eigenvalue weighted by atomic mass is 35.5. The van der Waals surface area contributed by atoms with E-state index < -0.39 is 34.9 Å². The molecule has 1 aromatic carbocycles. The summed E-state index contributed by atoms with van der Waals surface area (Å²) in [7, 11) is 0. The van der Waals surface area contributed by atoms with E-state index in [-0.39, 0.29) is 32.3 Å². The van der Waals surface area contributed by atoms with Gasteiger partial charge in [0.1, 0.15) is 5.02 Å². The van der Waals surface area contributed by atoms with Crippen molar-refractivity contribution in [1.29, 1.82) is 0 Å². The lowest BCUT2D eigenvalue weighted by Gasteiger charge is -2.12. The predicted octanol–water partition coefficient (Wildman–Crippen LogP) is 2.82. The molecule has 146 valence electrons. The molecule has 0 bridgehead atoms. The lowest BCUT2D eigenvalue weighted by atomic mass is 10.1. The molecule has 11 heteroatoms. The number of hydrogen-bond acceptors (Lipinski definition) is 8. The van der Waals surface area contributed by atoms with E-state index in [1.54, 1.807) is 0 Å². The Morgan fingerprint density at radius 1 is 1.18 bits per heavy atom. The quantitative estimate of drug-likeness (QED) is 0.370. The normalized spacial score (nSPS) is 10.9. The van der Waals surface area contributed by atoms with Gasteiger partial charge in [-0.1, -0.05) is 23.2 Å². The molecule has 0 saturated carbocycles. The van der Waals surface area contributed by atoms with Gasteiger partial charge in [-0.25, -0.2) is 9.59 Å². The van der Waals surface area contributed by atoms with Gasteiger partial charge in [0, 0.05) is 24.4 Å². The Labute approximate surface area is 166 Å². The highest BCUT2D eigenvalue weighted by Crippen LogP contribution is 2.40. The Balaban J connectivity index is 2.16. The van der Waals surface area contributed by atoms with Crippen molar-refractivity contribution >= 4 is 46.1 Å². The Hall–Kier alpha value is -3.17. The number of aromatic hydroxyl groups is 2. The Morgan fingerprint density at radius 3 is 2.36 bits per heavy atom. The number of carbonyl (C=O) groups is 2. The molecule has 2 N–H and O–H groups in total. The largest absolute Gasteiger partial charge is 0.492 e. The number of halogens is 2. The van der Waals surface area contributed by atoms with Crippen LogP contribution in [-0.2, 0) is 4.79 Å². The summed E-state index contributed by atoms with van der Waals surface area (Å²) in [5.41, 5.74) is -1.64. The molecule has 0 aliphatic carbocycles. The van der Waals surface area contributed by atoms with Crippen LogP contribution < -0.4 is 15.2 Å². The van der Waals surface area contributed by atoms with E-state index in [1.165, 1.54) is 13.0 Å². The molecule has 28 heavy (non-hydrogen) atoms. The molecule has 3 rings (SSSR count). The Kier molecular flexibility index (Phi) is 4.97. The number of nitrogens with zero attached hydrogens (tertiary/aromatic N) is 1. The van der Waals surface area contributed by atoms with E-state index in [0.29, 0.717) is 4.73 Å².